The first-order chi connectivity index (χ1) is 7.63. The second-order valence-electron chi connectivity index (χ2n) is 2.78. The number of nitro groups is 1. The lowest BCUT2D eigenvalue weighted by Gasteiger charge is -2.05. The summed E-state index contributed by atoms with van der Waals surface area (Å²) in [6.07, 6.45) is 7.17. The summed E-state index contributed by atoms with van der Waals surface area (Å²) in [6, 6.07) is 4.80. The summed E-state index contributed by atoms with van der Waals surface area (Å²) in [7, 11) is 0. The van der Waals surface area contributed by atoms with Crippen molar-refractivity contribution in [3.8, 4) is 18.1 Å². The maximum Gasteiger partial charge on any atom is 0.235 e. The quantitative estimate of drug-likeness (QED) is 0.460. The van der Waals surface area contributed by atoms with Gasteiger partial charge in [0.1, 0.15) is 12.4 Å². The molecule has 1 rings (SSSR count). The minimum atomic E-state index is -0.564. The van der Waals surface area contributed by atoms with E-state index in [0.29, 0.717) is 16.3 Å². The predicted octanol–water partition coefficient (Wildman–Crippen LogP) is 2.60. The van der Waals surface area contributed by atoms with E-state index in [2.05, 4.69) is 5.92 Å². The third kappa shape index (κ3) is 3.64. The molecule has 0 atom stereocenters. The van der Waals surface area contributed by atoms with Crippen molar-refractivity contribution in [2.75, 3.05) is 6.61 Å². The highest BCUT2D eigenvalue weighted by atomic mass is 35.5. The SMILES string of the molecule is C#CCOc1ccc(Cl)cc1/C=C/[N+](=O)[O-]. The van der Waals surface area contributed by atoms with Crippen LogP contribution in [0.2, 0.25) is 5.02 Å². The summed E-state index contributed by atoms with van der Waals surface area (Å²) < 4.78 is 5.20. The lowest BCUT2D eigenvalue weighted by molar-refractivity contribution is -0.400. The lowest BCUT2D eigenvalue weighted by Crippen LogP contribution is -1.95. The molecule has 5 heteroatoms. The van der Waals surface area contributed by atoms with Crippen molar-refractivity contribution in [1.29, 1.82) is 0 Å². The Morgan fingerprint density at radius 2 is 2.38 bits per heavy atom. The first-order valence-corrected chi connectivity index (χ1v) is 4.69. The molecule has 16 heavy (non-hydrogen) atoms. The van der Waals surface area contributed by atoms with Gasteiger partial charge in [0.05, 0.1) is 4.92 Å². The van der Waals surface area contributed by atoms with Gasteiger partial charge in [0.25, 0.3) is 0 Å². The van der Waals surface area contributed by atoms with Gasteiger partial charge in [0, 0.05) is 16.7 Å². The molecule has 0 fully saturated rings. The Morgan fingerprint density at radius 3 is 3.00 bits per heavy atom. The lowest BCUT2D eigenvalue weighted by atomic mass is 10.2. The largest absolute Gasteiger partial charge is 0.480 e. The fourth-order valence-corrected chi connectivity index (χ4v) is 1.22. The molecule has 0 aromatic heterocycles. The first kappa shape index (κ1) is 12.1. The molecule has 0 saturated carbocycles. The zero-order chi connectivity index (χ0) is 12.0. The molecule has 0 bridgehead atoms. The third-order valence-electron chi connectivity index (χ3n) is 1.66. The van der Waals surface area contributed by atoms with E-state index in [9.17, 15) is 10.1 Å². The molecule has 0 amide bonds. The highest BCUT2D eigenvalue weighted by molar-refractivity contribution is 6.30. The molecule has 0 aliphatic rings. The fourth-order valence-electron chi connectivity index (χ4n) is 1.04. The zero-order valence-corrected chi connectivity index (χ0v) is 8.98. The van der Waals surface area contributed by atoms with Crippen molar-refractivity contribution in [3.63, 3.8) is 0 Å². The van der Waals surface area contributed by atoms with Gasteiger partial charge in [0.2, 0.25) is 6.20 Å². The first-order valence-electron chi connectivity index (χ1n) is 4.31. The van der Waals surface area contributed by atoms with Gasteiger partial charge in [-0.3, -0.25) is 10.1 Å². The molecule has 0 unspecified atom stereocenters. The molecule has 0 heterocycles. The number of halogens is 1. The van der Waals surface area contributed by atoms with Crippen molar-refractivity contribution in [2.24, 2.45) is 0 Å². The van der Waals surface area contributed by atoms with Gasteiger partial charge in [-0.25, -0.2) is 0 Å². The smallest absolute Gasteiger partial charge is 0.235 e. The summed E-state index contributed by atoms with van der Waals surface area (Å²) >= 11 is 5.77. The number of terminal acetylenes is 1. The Bertz CT molecular complexity index is 463. The number of hydrogen-bond donors (Lipinski definition) is 0. The van der Waals surface area contributed by atoms with E-state index >= 15 is 0 Å². The molecule has 0 spiro atoms. The van der Waals surface area contributed by atoms with Crippen LogP contribution in [0, 0.1) is 22.5 Å². The number of rotatable bonds is 4. The summed E-state index contributed by atoms with van der Waals surface area (Å²) in [5.41, 5.74) is 0.513. The molecule has 0 radical (unpaired) electrons. The molecular weight excluding hydrogens is 230 g/mol. The molecule has 0 aliphatic heterocycles. The van der Waals surface area contributed by atoms with Crippen LogP contribution in [0.25, 0.3) is 6.08 Å². The molecule has 82 valence electrons. The molecule has 1 aromatic carbocycles. The Balaban J connectivity index is 2.99. The number of nitrogens with zero attached hydrogens (tertiary/aromatic N) is 1. The van der Waals surface area contributed by atoms with Crippen LogP contribution in [0.3, 0.4) is 0 Å². The zero-order valence-electron chi connectivity index (χ0n) is 8.22. The normalized spacial score (nSPS) is 10.0. The Hall–Kier alpha value is -1.99. The van der Waals surface area contributed by atoms with E-state index in [1.807, 2.05) is 0 Å². The highest BCUT2D eigenvalue weighted by Crippen LogP contribution is 2.24. The second-order valence-corrected chi connectivity index (χ2v) is 3.21. The average Bonchev–Trinajstić information content (AvgIpc) is 2.25. The summed E-state index contributed by atoms with van der Waals surface area (Å²) in [5.74, 6) is 2.77. The molecule has 1 aromatic rings. The van der Waals surface area contributed by atoms with Crippen molar-refractivity contribution in [2.45, 2.75) is 0 Å². The van der Waals surface area contributed by atoms with Crippen molar-refractivity contribution < 1.29 is 9.66 Å². The van der Waals surface area contributed by atoms with Gasteiger partial charge in [0.15, 0.2) is 0 Å². The molecule has 4 nitrogen and oxygen atoms in total. The highest BCUT2D eigenvalue weighted by Gasteiger charge is 2.02. The number of hydrogen-bond acceptors (Lipinski definition) is 3. The Kier molecular flexibility index (Phi) is 4.37. The maximum atomic E-state index is 10.2. The summed E-state index contributed by atoms with van der Waals surface area (Å²) in [6.45, 7) is 0.0982. The molecule has 0 saturated heterocycles. The van der Waals surface area contributed by atoms with Crippen LogP contribution in [-0.2, 0) is 0 Å². The molecule has 0 N–H and O–H groups in total. The predicted molar refractivity (Wildman–Crippen MR) is 61.8 cm³/mol. The van der Waals surface area contributed by atoms with Gasteiger partial charge < -0.3 is 4.74 Å². The van der Waals surface area contributed by atoms with Crippen LogP contribution >= 0.6 is 11.6 Å². The van der Waals surface area contributed by atoms with E-state index in [1.54, 1.807) is 18.2 Å². The van der Waals surface area contributed by atoms with E-state index in [0.717, 1.165) is 6.20 Å². The van der Waals surface area contributed by atoms with Crippen LogP contribution in [0.5, 0.6) is 5.75 Å². The minimum absolute atomic E-state index is 0.0982. The van der Waals surface area contributed by atoms with Crippen LogP contribution in [0.1, 0.15) is 5.56 Å². The Labute approximate surface area is 97.6 Å². The monoisotopic (exact) mass is 237 g/mol. The maximum absolute atomic E-state index is 10.2. The number of ether oxygens (including phenoxy) is 1. The molecular formula is C11H8ClNO3. The van der Waals surface area contributed by atoms with Crippen molar-refractivity contribution in [3.05, 3.63) is 45.1 Å². The van der Waals surface area contributed by atoms with Crippen LogP contribution in [-0.4, -0.2) is 11.5 Å². The van der Waals surface area contributed by atoms with E-state index in [-0.39, 0.29) is 6.61 Å². The number of benzene rings is 1. The summed E-state index contributed by atoms with van der Waals surface area (Å²) in [4.78, 5) is 9.63. The van der Waals surface area contributed by atoms with Gasteiger partial charge in [-0.2, -0.15) is 0 Å². The van der Waals surface area contributed by atoms with Crippen LogP contribution < -0.4 is 4.74 Å². The van der Waals surface area contributed by atoms with Crippen molar-refractivity contribution >= 4 is 17.7 Å². The Morgan fingerprint density at radius 1 is 1.62 bits per heavy atom. The van der Waals surface area contributed by atoms with E-state index < -0.39 is 4.92 Å². The molecule has 0 aliphatic carbocycles. The fraction of sp³-hybridized carbons (Fsp3) is 0.0909. The van der Waals surface area contributed by atoms with E-state index in [4.69, 9.17) is 22.8 Å². The van der Waals surface area contributed by atoms with Crippen molar-refractivity contribution in [1.82, 2.24) is 0 Å². The van der Waals surface area contributed by atoms with Crippen LogP contribution in [0.15, 0.2) is 24.4 Å². The van der Waals surface area contributed by atoms with Gasteiger partial charge in [-0.1, -0.05) is 17.5 Å². The third-order valence-corrected chi connectivity index (χ3v) is 1.89. The second kappa shape index (κ2) is 5.79. The average molecular weight is 238 g/mol. The minimum Gasteiger partial charge on any atom is -0.480 e. The standard InChI is InChI=1S/C11H8ClNO3/c1-2-7-16-11-4-3-10(12)8-9(11)5-6-13(14)15/h1,3-6,8H,7H2/b6-5+. The van der Waals surface area contributed by atoms with Gasteiger partial charge in [-0.05, 0) is 18.2 Å². The van der Waals surface area contributed by atoms with Gasteiger partial charge >= 0.3 is 0 Å². The summed E-state index contributed by atoms with van der Waals surface area (Å²) in [5, 5.41) is 10.7. The van der Waals surface area contributed by atoms with Crippen LogP contribution in [0.4, 0.5) is 0 Å². The van der Waals surface area contributed by atoms with E-state index in [1.165, 1.54) is 6.08 Å². The van der Waals surface area contributed by atoms with Gasteiger partial charge in [-0.15, -0.1) is 6.42 Å². The topological polar surface area (TPSA) is 52.4 Å².